The van der Waals surface area contributed by atoms with Crippen molar-refractivity contribution in [1.82, 2.24) is 14.9 Å². The number of nitro groups is 1. The predicted octanol–water partition coefficient (Wildman–Crippen LogP) is 4.22. The summed E-state index contributed by atoms with van der Waals surface area (Å²) in [6.45, 7) is 5.07. The lowest BCUT2D eigenvalue weighted by Gasteiger charge is -2.35. The predicted molar refractivity (Wildman–Crippen MR) is 161 cm³/mol. The molecule has 0 amide bonds. The zero-order valence-corrected chi connectivity index (χ0v) is 23.6. The second-order valence-corrected chi connectivity index (χ2v) is 10.3. The number of aromatic nitrogens is 2. The molecule has 5 rings (SSSR count). The van der Waals surface area contributed by atoms with Gasteiger partial charge in [0.2, 0.25) is 11.8 Å². The van der Waals surface area contributed by atoms with Crippen LogP contribution in [0.5, 0.6) is 11.6 Å². The fourth-order valence-electron chi connectivity index (χ4n) is 5.24. The van der Waals surface area contributed by atoms with Crippen LogP contribution < -0.4 is 15.4 Å². The zero-order chi connectivity index (χ0) is 30.5. The van der Waals surface area contributed by atoms with Crippen molar-refractivity contribution in [2.75, 3.05) is 43.4 Å². The quantitative estimate of drug-likeness (QED) is 0.180. The smallest absolute Gasteiger partial charge is 0.313 e. The summed E-state index contributed by atoms with van der Waals surface area (Å²) >= 11 is 0. The molecule has 43 heavy (non-hydrogen) atoms. The van der Waals surface area contributed by atoms with Crippen LogP contribution in [0.2, 0.25) is 0 Å². The number of anilines is 2. The molecule has 1 aromatic heterocycles. The topological polar surface area (TPSA) is 168 Å². The highest BCUT2D eigenvalue weighted by Crippen LogP contribution is 2.32. The number of aliphatic carboxylic acids is 1. The summed E-state index contributed by atoms with van der Waals surface area (Å²) in [7, 11) is 0. The maximum atomic E-state index is 11.6. The Morgan fingerprint density at radius 2 is 1.74 bits per heavy atom. The van der Waals surface area contributed by atoms with Crippen molar-refractivity contribution in [3.8, 4) is 22.8 Å². The van der Waals surface area contributed by atoms with Gasteiger partial charge in [-0.05, 0) is 46.9 Å². The Balaban J connectivity index is 1.23. The third kappa shape index (κ3) is 6.88. The largest absolute Gasteiger partial charge is 0.481 e. The van der Waals surface area contributed by atoms with Crippen molar-refractivity contribution in [3.05, 3.63) is 99.6 Å². The number of ether oxygens (including phenoxy) is 1. The van der Waals surface area contributed by atoms with E-state index in [1.165, 1.54) is 12.1 Å². The molecule has 4 N–H and O–H groups in total. The van der Waals surface area contributed by atoms with Crippen molar-refractivity contribution in [1.29, 1.82) is 0 Å². The van der Waals surface area contributed by atoms with Gasteiger partial charge in [-0.15, -0.1) is 0 Å². The van der Waals surface area contributed by atoms with E-state index in [2.05, 4.69) is 19.8 Å². The van der Waals surface area contributed by atoms with Crippen LogP contribution in [-0.4, -0.2) is 68.8 Å². The number of rotatable bonds is 10. The molecular formula is C31H32N6O6. The number of hydrogen-bond acceptors (Lipinski definition) is 10. The number of nitrogen functional groups attached to an aromatic ring is 1. The highest BCUT2D eigenvalue weighted by atomic mass is 16.6. The van der Waals surface area contributed by atoms with Crippen LogP contribution in [0.3, 0.4) is 0 Å². The third-order valence-corrected chi connectivity index (χ3v) is 7.58. The average Bonchev–Trinajstić information content (AvgIpc) is 2.99. The molecule has 0 saturated carbocycles. The number of benzene rings is 3. The van der Waals surface area contributed by atoms with Crippen LogP contribution in [0.25, 0.3) is 11.1 Å². The van der Waals surface area contributed by atoms with Crippen LogP contribution in [0.15, 0.2) is 72.8 Å². The molecule has 0 spiro atoms. The molecule has 1 unspecified atom stereocenters. The van der Waals surface area contributed by atoms with E-state index in [0.717, 1.165) is 48.4 Å². The summed E-state index contributed by atoms with van der Waals surface area (Å²) < 4.78 is 6.02. The van der Waals surface area contributed by atoms with Crippen LogP contribution in [0.1, 0.15) is 22.6 Å². The first-order chi connectivity index (χ1) is 20.7. The van der Waals surface area contributed by atoms with E-state index in [9.17, 15) is 25.1 Å². The van der Waals surface area contributed by atoms with Gasteiger partial charge in [0, 0.05) is 50.9 Å². The van der Waals surface area contributed by atoms with Crippen molar-refractivity contribution in [2.45, 2.75) is 19.4 Å². The van der Waals surface area contributed by atoms with Gasteiger partial charge in [0.15, 0.2) is 0 Å². The number of aliphatic hydroxyl groups excluding tert-OH is 1. The Kier molecular flexibility index (Phi) is 8.79. The molecule has 0 bridgehead atoms. The lowest BCUT2D eigenvalue weighted by atomic mass is 9.90. The van der Waals surface area contributed by atoms with Crippen LogP contribution in [0, 0.1) is 17.0 Å². The number of aliphatic hydroxyl groups is 1. The molecule has 12 heteroatoms. The molecule has 1 atom stereocenters. The molecule has 0 radical (unpaired) electrons. The summed E-state index contributed by atoms with van der Waals surface area (Å²) in [6.07, 6.45) is 0. The molecule has 1 fully saturated rings. The van der Waals surface area contributed by atoms with Crippen molar-refractivity contribution in [2.24, 2.45) is 0 Å². The summed E-state index contributed by atoms with van der Waals surface area (Å²) in [5, 5.41) is 30.0. The second kappa shape index (κ2) is 12.8. The van der Waals surface area contributed by atoms with E-state index in [1.54, 1.807) is 42.5 Å². The van der Waals surface area contributed by atoms with Gasteiger partial charge >= 0.3 is 5.97 Å². The molecule has 2 heterocycles. The molecule has 3 aromatic carbocycles. The molecule has 4 aromatic rings. The van der Waals surface area contributed by atoms with E-state index in [0.29, 0.717) is 29.6 Å². The van der Waals surface area contributed by atoms with Crippen LogP contribution in [-0.2, 0) is 11.3 Å². The van der Waals surface area contributed by atoms with Crippen molar-refractivity contribution >= 4 is 23.4 Å². The minimum atomic E-state index is -1.07. The number of piperazine rings is 1. The van der Waals surface area contributed by atoms with E-state index in [1.807, 2.05) is 25.1 Å². The van der Waals surface area contributed by atoms with Crippen LogP contribution in [0.4, 0.5) is 17.5 Å². The monoisotopic (exact) mass is 584 g/mol. The number of non-ortho nitro benzene ring substituents is 1. The minimum absolute atomic E-state index is 0.0821. The van der Waals surface area contributed by atoms with Gasteiger partial charge < -0.3 is 25.6 Å². The molecule has 1 saturated heterocycles. The van der Waals surface area contributed by atoms with E-state index < -0.39 is 23.4 Å². The SMILES string of the molecule is Cc1c(-c2ccc(Oc3cc(N4CCN(Cc5ccc([N+](=O)[O-])cc5)CC4)nc(N)n3)cc2)cccc1C(CO)C(=O)O. The van der Waals surface area contributed by atoms with Gasteiger partial charge in [-0.3, -0.25) is 19.8 Å². The molecular weight excluding hydrogens is 552 g/mol. The third-order valence-electron chi connectivity index (χ3n) is 7.58. The number of carbonyl (C=O) groups is 1. The Morgan fingerprint density at radius 3 is 2.37 bits per heavy atom. The summed E-state index contributed by atoms with van der Waals surface area (Å²) in [6, 6.07) is 21.2. The van der Waals surface area contributed by atoms with Gasteiger partial charge in [0.25, 0.3) is 5.69 Å². The number of carboxylic acids is 1. The van der Waals surface area contributed by atoms with Crippen molar-refractivity contribution < 1.29 is 24.7 Å². The Morgan fingerprint density at radius 1 is 1.05 bits per heavy atom. The fraction of sp³-hybridized carbons (Fsp3) is 0.258. The first-order valence-electron chi connectivity index (χ1n) is 13.8. The molecule has 222 valence electrons. The standard InChI is InChI=1S/C31H32N6O6/c1-20-25(3-2-4-26(20)27(19-38)30(39)40)22-7-11-24(12-8-22)43-29-17-28(33-31(32)34-29)36-15-13-35(14-16-36)18-21-5-9-23(10-6-21)37(41)42/h2-12,17,27,38H,13-16,18-19H2,1H3,(H,39,40)(H2,32,33,34). The Labute approximate surface area is 248 Å². The summed E-state index contributed by atoms with van der Waals surface area (Å²) in [4.78, 5) is 35.1. The van der Waals surface area contributed by atoms with E-state index in [-0.39, 0.29) is 11.6 Å². The van der Waals surface area contributed by atoms with Gasteiger partial charge in [0.1, 0.15) is 17.5 Å². The second-order valence-electron chi connectivity index (χ2n) is 10.3. The van der Waals surface area contributed by atoms with Gasteiger partial charge in [0.05, 0.1) is 11.5 Å². The maximum Gasteiger partial charge on any atom is 0.313 e. The lowest BCUT2D eigenvalue weighted by Crippen LogP contribution is -2.46. The highest BCUT2D eigenvalue weighted by molar-refractivity contribution is 5.79. The Bertz CT molecular complexity index is 1600. The first-order valence-corrected chi connectivity index (χ1v) is 13.8. The Hall–Kier alpha value is -5.07. The summed E-state index contributed by atoms with van der Waals surface area (Å²) in [5.41, 5.74) is 10.2. The summed E-state index contributed by atoms with van der Waals surface area (Å²) in [5.74, 6) is -0.431. The molecule has 12 nitrogen and oxygen atoms in total. The number of nitrogens with zero attached hydrogens (tertiary/aromatic N) is 5. The van der Waals surface area contributed by atoms with Gasteiger partial charge in [-0.2, -0.15) is 9.97 Å². The lowest BCUT2D eigenvalue weighted by molar-refractivity contribution is -0.384. The van der Waals surface area contributed by atoms with Gasteiger partial charge in [-0.1, -0.05) is 42.5 Å². The highest BCUT2D eigenvalue weighted by Gasteiger charge is 2.22. The number of nitrogens with two attached hydrogens (primary N) is 1. The number of hydrogen-bond donors (Lipinski definition) is 3. The molecule has 1 aliphatic heterocycles. The van der Waals surface area contributed by atoms with E-state index >= 15 is 0 Å². The average molecular weight is 585 g/mol. The van der Waals surface area contributed by atoms with E-state index in [4.69, 9.17) is 10.5 Å². The number of carboxylic acid groups (broad SMARTS) is 1. The molecule has 1 aliphatic rings. The minimum Gasteiger partial charge on any atom is -0.481 e. The fourth-order valence-corrected chi connectivity index (χ4v) is 5.24. The van der Waals surface area contributed by atoms with Gasteiger partial charge in [-0.25, -0.2) is 0 Å². The normalized spacial score (nSPS) is 14.3. The van der Waals surface area contributed by atoms with Crippen LogP contribution >= 0.6 is 0 Å². The first kappa shape index (κ1) is 29.4. The maximum absolute atomic E-state index is 11.6. The molecule has 0 aliphatic carbocycles. The number of nitro benzene ring substituents is 1. The van der Waals surface area contributed by atoms with Crippen molar-refractivity contribution in [3.63, 3.8) is 0 Å². The zero-order valence-electron chi connectivity index (χ0n) is 23.6.